The van der Waals surface area contributed by atoms with Crippen LogP contribution in [0.2, 0.25) is 0 Å². The van der Waals surface area contributed by atoms with Gasteiger partial charge in [-0.1, -0.05) is 0 Å². The molecule has 5 nitrogen and oxygen atoms in total. The zero-order valence-electron chi connectivity index (χ0n) is 8.81. The van der Waals surface area contributed by atoms with Gasteiger partial charge in [-0.25, -0.2) is 4.98 Å². The fourth-order valence-corrected chi connectivity index (χ4v) is 2.55. The van der Waals surface area contributed by atoms with Gasteiger partial charge in [0.2, 0.25) is 0 Å². The molecule has 0 aromatic carbocycles. The summed E-state index contributed by atoms with van der Waals surface area (Å²) >= 11 is 0. The van der Waals surface area contributed by atoms with E-state index in [1.165, 1.54) is 12.1 Å². The van der Waals surface area contributed by atoms with Gasteiger partial charge in [0.1, 0.15) is 0 Å². The van der Waals surface area contributed by atoms with Crippen LogP contribution in [-0.2, 0) is 4.74 Å². The molecular weight excluding hydrogens is 204 g/mol. The molecule has 0 amide bonds. The van der Waals surface area contributed by atoms with Crippen molar-refractivity contribution in [2.45, 2.75) is 12.0 Å². The molecule has 4 rings (SSSR count). The van der Waals surface area contributed by atoms with E-state index < -0.39 is 0 Å². The summed E-state index contributed by atoms with van der Waals surface area (Å²) in [5, 5.41) is 7.96. The van der Waals surface area contributed by atoms with E-state index in [-0.39, 0.29) is 5.54 Å². The Hall–Kier alpha value is -1.62. The molecule has 5 heteroatoms. The van der Waals surface area contributed by atoms with Crippen molar-refractivity contribution in [2.24, 2.45) is 0 Å². The molecule has 16 heavy (non-hydrogen) atoms. The van der Waals surface area contributed by atoms with Gasteiger partial charge in [0.05, 0.1) is 30.6 Å². The molecule has 0 bridgehead atoms. The molecule has 0 unspecified atom stereocenters. The molecule has 2 aromatic rings. The normalized spacial score (nSPS) is 22.1. The number of pyridine rings is 1. The number of H-pyrrole nitrogens is 1. The Labute approximate surface area is 92.4 Å². The number of fused-ring (bicyclic) bond motifs is 1. The minimum atomic E-state index is 0.277. The highest BCUT2D eigenvalue weighted by Crippen LogP contribution is 2.41. The number of rotatable bonds is 1. The van der Waals surface area contributed by atoms with Crippen LogP contribution in [0.25, 0.3) is 11.0 Å². The number of hydrogen-bond acceptors (Lipinski definition) is 4. The van der Waals surface area contributed by atoms with Crippen LogP contribution >= 0.6 is 0 Å². The summed E-state index contributed by atoms with van der Waals surface area (Å²) in [6.45, 7) is 2.82. The lowest BCUT2D eigenvalue weighted by Gasteiger charge is -2.58. The first-order chi connectivity index (χ1) is 7.87. The predicted octanol–water partition coefficient (Wildman–Crippen LogP) is 0.937. The molecule has 2 aromatic heterocycles. The smallest absolute Gasteiger partial charge is 0.180 e. The second-order valence-electron chi connectivity index (χ2n) is 4.61. The predicted molar refractivity (Wildman–Crippen MR) is 59.4 cm³/mol. The molecular formula is C11H12N4O. The van der Waals surface area contributed by atoms with Crippen molar-refractivity contribution in [1.29, 1.82) is 0 Å². The van der Waals surface area contributed by atoms with E-state index in [9.17, 15) is 0 Å². The van der Waals surface area contributed by atoms with Crippen molar-refractivity contribution in [3.05, 3.63) is 18.5 Å². The Balaban J connectivity index is 1.76. The molecule has 2 aliphatic rings. The van der Waals surface area contributed by atoms with Crippen LogP contribution in [0.1, 0.15) is 6.42 Å². The van der Waals surface area contributed by atoms with E-state index in [2.05, 4.69) is 26.1 Å². The Kier molecular flexibility index (Phi) is 1.46. The molecule has 0 radical (unpaired) electrons. The summed E-state index contributed by atoms with van der Waals surface area (Å²) in [4.78, 5) is 6.74. The summed E-state index contributed by atoms with van der Waals surface area (Å²) < 4.78 is 5.32. The van der Waals surface area contributed by atoms with Gasteiger partial charge >= 0.3 is 0 Å². The SMILES string of the molecule is c1nc2n[nH]cc2cc1N1CCC12COC2. The lowest BCUT2D eigenvalue weighted by atomic mass is 9.82. The fourth-order valence-electron chi connectivity index (χ4n) is 2.55. The molecule has 0 saturated carbocycles. The zero-order valence-corrected chi connectivity index (χ0v) is 8.81. The highest BCUT2D eigenvalue weighted by molar-refractivity contribution is 5.78. The Bertz CT molecular complexity index is 540. The Morgan fingerprint density at radius 3 is 3.06 bits per heavy atom. The standard InChI is InChI=1S/C11H12N4O/c1-2-15(11(1)6-16-7-11)9-3-8-4-13-14-10(8)12-5-9/h3-5H,1-2,6-7H2,(H,12,13,14). The van der Waals surface area contributed by atoms with Crippen LogP contribution in [0, 0.1) is 0 Å². The van der Waals surface area contributed by atoms with E-state index in [1.807, 2.05) is 12.4 Å². The summed E-state index contributed by atoms with van der Waals surface area (Å²) in [5.41, 5.74) is 2.24. The Morgan fingerprint density at radius 1 is 1.44 bits per heavy atom. The molecule has 0 aliphatic carbocycles. The first kappa shape index (κ1) is 8.52. The highest BCUT2D eigenvalue weighted by atomic mass is 16.5. The van der Waals surface area contributed by atoms with Gasteiger partial charge in [0.15, 0.2) is 5.65 Å². The first-order valence-electron chi connectivity index (χ1n) is 5.52. The average Bonchev–Trinajstić information content (AvgIpc) is 2.60. The second-order valence-corrected chi connectivity index (χ2v) is 4.61. The van der Waals surface area contributed by atoms with Crippen LogP contribution in [-0.4, -0.2) is 40.5 Å². The molecule has 2 fully saturated rings. The largest absolute Gasteiger partial charge is 0.376 e. The maximum absolute atomic E-state index is 5.32. The molecule has 2 saturated heterocycles. The number of ether oxygens (including phenoxy) is 1. The van der Waals surface area contributed by atoms with Crippen molar-refractivity contribution >= 4 is 16.7 Å². The van der Waals surface area contributed by atoms with E-state index in [0.29, 0.717) is 0 Å². The highest BCUT2D eigenvalue weighted by Gasteiger charge is 2.50. The van der Waals surface area contributed by atoms with Gasteiger partial charge in [0, 0.05) is 18.1 Å². The van der Waals surface area contributed by atoms with E-state index in [4.69, 9.17) is 4.74 Å². The lowest BCUT2D eigenvalue weighted by molar-refractivity contribution is -0.0847. The number of aromatic nitrogens is 3. The third-order valence-corrected chi connectivity index (χ3v) is 3.70. The summed E-state index contributed by atoms with van der Waals surface area (Å²) in [5.74, 6) is 0. The van der Waals surface area contributed by atoms with Gasteiger partial charge in [-0.05, 0) is 12.5 Å². The molecule has 1 N–H and O–H groups in total. The van der Waals surface area contributed by atoms with Gasteiger partial charge in [-0.3, -0.25) is 5.10 Å². The molecule has 2 aliphatic heterocycles. The fraction of sp³-hybridized carbons (Fsp3) is 0.455. The van der Waals surface area contributed by atoms with Gasteiger partial charge in [-0.2, -0.15) is 5.10 Å². The van der Waals surface area contributed by atoms with Crippen molar-refractivity contribution in [3.8, 4) is 0 Å². The molecule has 82 valence electrons. The maximum Gasteiger partial charge on any atom is 0.180 e. The average molecular weight is 216 g/mol. The van der Waals surface area contributed by atoms with Crippen LogP contribution in [0.4, 0.5) is 5.69 Å². The van der Waals surface area contributed by atoms with E-state index in [1.54, 1.807) is 0 Å². The molecule has 0 atom stereocenters. The lowest BCUT2D eigenvalue weighted by Crippen LogP contribution is -2.71. The van der Waals surface area contributed by atoms with Gasteiger partial charge in [0.25, 0.3) is 0 Å². The van der Waals surface area contributed by atoms with E-state index >= 15 is 0 Å². The van der Waals surface area contributed by atoms with Gasteiger partial charge in [-0.15, -0.1) is 0 Å². The number of nitrogens with one attached hydrogen (secondary N) is 1. The number of anilines is 1. The molecule has 4 heterocycles. The van der Waals surface area contributed by atoms with Crippen molar-refractivity contribution < 1.29 is 4.74 Å². The third kappa shape index (κ3) is 0.936. The third-order valence-electron chi connectivity index (χ3n) is 3.70. The number of aromatic amines is 1. The monoisotopic (exact) mass is 216 g/mol. The number of hydrogen-bond donors (Lipinski definition) is 1. The first-order valence-corrected chi connectivity index (χ1v) is 5.52. The minimum absolute atomic E-state index is 0.277. The quantitative estimate of drug-likeness (QED) is 0.770. The summed E-state index contributed by atoms with van der Waals surface area (Å²) in [6.07, 6.45) is 5.02. The molecule has 1 spiro atoms. The second kappa shape index (κ2) is 2.74. The zero-order chi connectivity index (χ0) is 10.6. The van der Waals surface area contributed by atoms with Crippen molar-refractivity contribution in [3.63, 3.8) is 0 Å². The maximum atomic E-state index is 5.32. The van der Waals surface area contributed by atoms with Crippen molar-refractivity contribution in [2.75, 3.05) is 24.7 Å². The van der Waals surface area contributed by atoms with Crippen molar-refractivity contribution in [1.82, 2.24) is 15.2 Å². The van der Waals surface area contributed by atoms with Gasteiger partial charge < -0.3 is 9.64 Å². The topological polar surface area (TPSA) is 54.0 Å². The summed E-state index contributed by atoms with van der Waals surface area (Å²) in [6, 6.07) is 2.14. The minimum Gasteiger partial charge on any atom is -0.376 e. The summed E-state index contributed by atoms with van der Waals surface area (Å²) in [7, 11) is 0. The van der Waals surface area contributed by atoms with Crippen LogP contribution < -0.4 is 4.90 Å². The number of nitrogens with zero attached hydrogens (tertiary/aromatic N) is 3. The van der Waals surface area contributed by atoms with Crippen LogP contribution in [0.5, 0.6) is 0 Å². The van der Waals surface area contributed by atoms with E-state index in [0.717, 1.165) is 30.8 Å². The van der Waals surface area contributed by atoms with Crippen LogP contribution in [0.3, 0.4) is 0 Å². The van der Waals surface area contributed by atoms with Crippen LogP contribution in [0.15, 0.2) is 18.5 Å². The Morgan fingerprint density at radius 2 is 2.38 bits per heavy atom.